The smallest absolute Gasteiger partial charge is 0.161 e. The predicted octanol–water partition coefficient (Wildman–Crippen LogP) is 5.91. The third-order valence-electron chi connectivity index (χ3n) is 4.92. The minimum absolute atomic E-state index is 0.503. The van der Waals surface area contributed by atoms with E-state index in [9.17, 15) is 0 Å². The maximum absolute atomic E-state index is 5.90. The highest BCUT2D eigenvalue weighted by molar-refractivity contribution is 7.10. The topological polar surface area (TPSA) is 21.7 Å². The van der Waals surface area contributed by atoms with Gasteiger partial charge in [0.15, 0.2) is 11.5 Å². The molecule has 142 valence electrons. The van der Waals surface area contributed by atoms with E-state index in [2.05, 4.69) is 54.5 Å². The molecule has 3 nitrogen and oxygen atoms in total. The van der Waals surface area contributed by atoms with Gasteiger partial charge < -0.3 is 9.47 Å². The van der Waals surface area contributed by atoms with Gasteiger partial charge in [-0.3, -0.25) is 4.90 Å². The number of nitrogens with zero attached hydrogens (tertiary/aromatic N) is 1. The molecule has 1 fully saturated rings. The second-order valence-corrected chi connectivity index (χ2v) is 8.52. The van der Waals surface area contributed by atoms with Crippen LogP contribution < -0.4 is 9.47 Å². The summed E-state index contributed by atoms with van der Waals surface area (Å²) >= 11 is 1.89. The molecule has 26 heavy (non-hydrogen) atoms. The van der Waals surface area contributed by atoms with Crippen LogP contribution in [0.25, 0.3) is 0 Å². The summed E-state index contributed by atoms with van der Waals surface area (Å²) in [6, 6.07) is 11.4. The number of likely N-dealkylation sites (tertiary alicyclic amines) is 1. The highest BCUT2D eigenvalue weighted by Crippen LogP contribution is 2.35. The van der Waals surface area contributed by atoms with Crippen LogP contribution >= 0.6 is 11.3 Å². The van der Waals surface area contributed by atoms with Crippen LogP contribution in [0.3, 0.4) is 0 Å². The average molecular weight is 374 g/mol. The van der Waals surface area contributed by atoms with E-state index in [1.54, 1.807) is 7.11 Å². The largest absolute Gasteiger partial charge is 0.493 e. The van der Waals surface area contributed by atoms with Gasteiger partial charge in [0.1, 0.15) is 0 Å². The monoisotopic (exact) mass is 373 g/mol. The third-order valence-corrected chi connectivity index (χ3v) is 5.89. The number of hydrogen-bond donors (Lipinski definition) is 0. The number of rotatable bonds is 7. The summed E-state index contributed by atoms with van der Waals surface area (Å²) in [4.78, 5) is 4.14. The fourth-order valence-electron chi connectivity index (χ4n) is 3.58. The number of hydrogen-bond acceptors (Lipinski definition) is 4. The van der Waals surface area contributed by atoms with Crippen molar-refractivity contribution in [3.63, 3.8) is 0 Å². The van der Waals surface area contributed by atoms with Crippen LogP contribution in [0.5, 0.6) is 11.5 Å². The number of benzene rings is 1. The standard InChI is InChI=1S/C22H31NO2S/c1-17(2)16-25-20-11-10-18(14-21(20)24-3)15-23-12-6-4-5-8-19(23)22-9-7-13-26-22/h7,9-11,13-14,17,19H,4-6,8,12,15-16H2,1-3H3/t19-/m1/s1. The van der Waals surface area contributed by atoms with Crippen LogP contribution in [-0.2, 0) is 6.54 Å². The quantitative estimate of drug-likeness (QED) is 0.602. The first-order valence-corrected chi connectivity index (χ1v) is 10.6. The molecular weight excluding hydrogens is 342 g/mol. The molecule has 0 unspecified atom stereocenters. The molecule has 1 aliphatic rings. The minimum Gasteiger partial charge on any atom is -0.493 e. The molecule has 1 aromatic carbocycles. The van der Waals surface area contributed by atoms with Gasteiger partial charge in [-0.25, -0.2) is 0 Å². The molecule has 0 radical (unpaired) electrons. The first kappa shape index (κ1) is 19.2. The summed E-state index contributed by atoms with van der Waals surface area (Å²) < 4.78 is 11.5. The van der Waals surface area contributed by atoms with E-state index in [1.165, 1.54) is 36.1 Å². The van der Waals surface area contributed by atoms with E-state index in [0.717, 1.165) is 24.6 Å². The van der Waals surface area contributed by atoms with E-state index >= 15 is 0 Å². The first-order valence-electron chi connectivity index (χ1n) is 9.74. The van der Waals surface area contributed by atoms with Crippen LogP contribution in [0.1, 0.15) is 56.0 Å². The van der Waals surface area contributed by atoms with Crippen molar-refractivity contribution in [2.75, 3.05) is 20.3 Å². The molecule has 3 rings (SSSR count). The average Bonchev–Trinajstić information content (AvgIpc) is 3.07. The van der Waals surface area contributed by atoms with Crippen LogP contribution in [-0.4, -0.2) is 25.2 Å². The highest BCUT2D eigenvalue weighted by atomic mass is 32.1. The van der Waals surface area contributed by atoms with Crippen LogP contribution in [0, 0.1) is 5.92 Å². The Balaban J connectivity index is 1.75. The summed E-state index contributed by atoms with van der Waals surface area (Å²) in [6.07, 6.45) is 5.20. The molecule has 0 amide bonds. The lowest BCUT2D eigenvalue weighted by molar-refractivity contribution is 0.195. The number of thiophene rings is 1. The van der Waals surface area contributed by atoms with Crippen LogP contribution in [0.15, 0.2) is 35.7 Å². The first-order chi connectivity index (χ1) is 12.7. The zero-order chi connectivity index (χ0) is 18.4. The molecule has 2 heterocycles. The van der Waals surface area contributed by atoms with E-state index < -0.39 is 0 Å². The maximum Gasteiger partial charge on any atom is 0.161 e. The van der Waals surface area contributed by atoms with Gasteiger partial charge in [-0.05, 0) is 54.4 Å². The lowest BCUT2D eigenvalue weighted by Crippen LogP contribution is -2.27. The van der Waals surface area contributed by atoms with Gasteiger partial charge in [-0.2, -0.15) is 0 Å². The Morgan fingerprint density at radius 3 is 2.77 bits per heavy atom. The van der Waals surface area contributed by atoms with Crippen molar-refractivity contribution >= 4 is 11.3 Å². The van der Waals surface area contributed by atoms with Crippen molar-refractivity contribution in [1.82, 2.24) is 4.90 Å². The molecule has 0 N–H and O–H groups in total. The molecule has 1 aliphatic heterocycles. The number of methoxy groups -OCH3 is 1. The van der Waals surface area contributed by atoms with Crippen molar-refractivity contribution in [1.29, 1.82) is 0 Å². The molecule has 2 aromatic rings. The molecule has 1 atom stereocenters. The van der Waals surface area contributed by atoms with Gasteiger partial charge in [-0.1, -0.05) is 38.8 Å². The molecule has 1 aromatic heterocycles. The van der Waals surface area contributed by atoms with Crippen molar-refractivity contribution in [2.24, 2.45) is 5.92 Å². The third kappa shape index (κ3) is 5.01. The summed E-state index contributed by atoms with van der Waals surface area (Å²) in [7, 11) is 1.72. The molecule has 0 bridgehead atoms. The SMILES string of the molecule is COc1cc(CN2CCCCC[C@@H]2c2cccs2)ccc1OCC(C)C. The molecule has 1 saturated heterocycles. The molecule has 0 spiro atoms. The van der Waals surface area contributed by atoms with E-state index in [1.807, 2.05) is 11.3 Å². The van der Waals surface area contributed by atoms with Crippen molar-refractivity contribution in [3.05, 3.63) is 46.2 Å². The van der Waals surface area contributed by atoms with Crippen LogP contribution in [0.2, 0.25) is 0 Å². The Morgan fingerprint density at radius 1 is 1.15 bits per heavy atom. The Bertz CT molecular complexity index is 669. The molecular formula is C22H31NO2S. The Hall–Kier alpha value is -1.52. The fourth-order valence-corrected chi connectivity index (χ4v) is 4.48. The van der Waals surface area contributed by atoms with Crippen LogP contribution in [0.4, 0.5) is 0 Å². The molecule has 4 heteroatoms. The zero-order valence-electron chi connectivity index (χ0n) is 16.2. The van der Waals surface area contributed by atoms with Gasteiger partial charge >= 0.3 is 0 Å². The van der Waals surface area contributed by atoms with E-state index in [4.69, 9.17) is 9.47 Å². The lowest BCUT2D eigenvalue weighted by Gasteiger charge is -2.29. The Morgan fingerprint density at radius 2 is 2.04 bits per heavy atom. The van der Waals surface area contributed by atoms with Gasteiger partial charge in [0.05, 0.1) is 13.7 Å². The highest BCUT2D eigenvalue weighted by Gasteiger charge is 2.23. The van der Waals surface area contributed by atoms with Crippen molar-refractivity contribution in [3.8, 4) is 11.5 Å². The van der Waals surface area contributed by atoms with Gasteiger partial charge in [-0.15, -0.1) is 11.3 Å². The summed E-state index contributed by atoms with van der Waals surface area (Å²) in [5, 5.41) is 2.20. The summed E-state index contributed by atoms with van der Waals surface area (Å²) in [5.74, 6) is 2.18. The van der Waals surface area contributed by atoms with Gasteiger partial charge in [0.2, 0.25) is 0 Å². The second-order valence-electron chi connectivity index (χ2n) is 7.54. The maximum atomic E-state index is 5.90. The molecule has 0 saturated carbocycles. The minimum atomic E-state index is 0.503. The summed E-state index contributed by atoms with van der Waals surface area (Å²) in [5.41, 5.74) is 1.29. The fraction of sp³-hybridized carbons (Fsp3) is 0.545. The predicted molar refractivity (Wildman–Crippen MR) is 109 cm³/mol. The zero-order valence-corrected chi connectivity index (χ0v) is 17.1. The Labute approximate surface area is 161 Å². The molecule has 0 aliphatic carbocycles. The van der Waals surface area contributed by atoms with E-state index in [0.29, 0.717) is 18.6 Å². The van der Waals surface area contributed by atoms with Crippen molar-refractivity contribution < 1.29 is 9.47 Å². The lowest BCUT2D eigenvalue weighted by atomic mass is 10.1. The second kappa shape index (κ2) is 9.43. The normalized spacial score (nSPS) is 18.7. The Kier molecular flexibility index (Phi) is 6.98. The summed E-state index contributed by atoms with van der Waals surface area (Å²) in [6.45, 7) is 7.15. The van der Waals surface area contributed by atoms with Gasteiger partial charge in [0.25, 0.3) is 0 Å². The van der Waals surface area contributed by atoms with E-state index in [-0.39, 0.29) is 0 Å². The van der Waals surface area contributed by atoms with Gasteiger partial charge in [0, 0.05) is 17.5 Å². The van der Waals surface area contributed by atoms with Crippen molar-refractivity contribution in [2.45, 2.75) is 52.1 Å². The number of ether oxygens (including phenoxy) is 2.